The van der Waals surface area contributed by atoms with Gasteiger partial charge in [0.1, 0.15) is 5.69 Å². The normalized spacial score (nSPS) is 14.3. The van der Waals surface area contributed by atoms with Gasteiger partial charge in [-0.25, -0.2) is 0 Å². The Balaban J connectivity index is 1.48. The molecule has 172 valence electrons. The summed E-state index contributed by atoms with van der Waals surface area (Å²) >= 11 is 0. The number of methoxy groups -OCH3 is 1. The number of aromatic nitrogens is 1. The van der Waals surface area contributed by atoms with Crippen LogP contribution in [-0.4, -0.2) is 58.8 Å². The molecule has 0 atom stereocenters. The van der Waals surface area contributed by atoms with Crippen LogP contribution in [0.25, 0.3) is 10.9 Å². The third-order valence-electron chi connectivity index (χ3n) is 6.25. The molecule has 1 aromatic heterocycles. The number of fused-ring (bicyclic) bond motifs is 1. The lowest BCUT2D eigenvalue weighted by molar-refractivity contribution is -0.144. The van der Waals surface area contributed by atoms with Crippen molar-refractivity contribution in [1.82, 2.24) is 14.8 Å². The molecule has 0 spiro atoms. The Morgan fingerprint density at radius 1 is 1.00 bits per heavy atom. The van der Waals surface area contributed by atoms with Gasteiger partial charge in [0.25, 0.3) is 5.91 Å². The van der Waals surface area contributed by atoms with E-state index in [4.69, 9.17) is 0 Å². The van der Waals surface area contributed by atoms with Gasteiger partial charge in [0.2, 0.25) is 5.91 Å². The number of hydrogen-bond acceptors (Lipinski definition) is 4. The minimum atomic E-state index is -0.379. The average molecular weight is 448 g/mol. The number of benzene rings is 2. The van der Waals surface area contributed by atoms with Crippen LogP contribution in [0, 0.1) is 0 Å². The Bertz CT molecular complexity index is 1080. The first kappa shape index (κ1) is 22.6. The number of piperidine rings is 1. The number of esters is 1. The van der Waals surface area contributed by atoms with Gasteiger partial charge >= 0.3 is 5.97 Å². The molecule has 7 heteroatoms. The number of para-hydroxylation sites is 1. The van der Waals surface area contributed by atoms with E-state index in [2.05, 4.69) is 9.72 Å². The number of rotatable bonds is 7. The number of ether oxygens (including phenoxy) is 1. The molecule has 7 nitrogen and oxygen atoms in total. The number of likely N-dealkylation sites (tertiary alicyclic amines) is 1. The lowest BCUT2D eigenvalue weighted by atomic mass is 10.0. The van der Waals surface area contributed by atoms with Crippen molar-refractivity contribution in [3.63, 3.8) is 0 Å². The number of aromatic amines is 1. The molecule has 1 N–H and O–H groups in total. The molecular weight excluding hydrogens is 418 g/mol. The van der Waals surface area contributed by atoms with Crippen LogP contribution in [0.3, 0.4) is 0 Å². The first-order valence-corrected chi connectivity index (χ1v) is 11.3. The van der Waals surface area contributed by atoms with Crippen molar-refractivity contribution in [2.45, 2.75) is 38.3 Å². The molecule has 4 rings (SSSR count). The average Bonchev–Trinajstić information content (AvgIpc) is 3.30. The Morgan fingerprint density at radius 3 is 2.39 bits per heavy atom. The summed E-state index contributed by atoms with van der Waals surface area (Å²) in [5.74, 6) is -0.461. The SMILES string of the molecule is COC(=O)CCC(=O)N1CCC(N(Cc2ccccc2)C(=O)c2cc3ccccc3[nH]2)CC1. The number of hydrogen-bond donors (Lipinski definition) is 1. The Hall–Kier alpha value is -3.61. The third-order valence-corrected chi connectivity index (χ3v) is 6.25. The number of amides is 2. The molecule has 0 saturated carbocycles. The standard InChI is InChI=1S/C26H29N3O4/c1-33-25(31)12-11-24(30)28-15-13-21(14-16-28)29(18-19-7-3-2-4-8-19)26(32)23-17-20-9-5-6-10-22(20)27-23/h2-10,17,21,27H,11-16,18H2,1H3. The lowest BCUT2D eigenvalue weighted by Gasteiger charge is -2.38. The van der Waals surface area contributed by atoms with Crippen LogP contribution in [0.5, 0.6) is 0 Å². The van der Waals surface area contributed by atoms with Crippen LogP contribution in [-0.2, 0) is 20.9 Å². The number of carbonyl (C=O) groups is 3. The smallest absolute Gasteiger partial charge is 0.306 e. The zero-order valence-corrected chi connectivity index (χ0v) is 18.8. The second-order valence-corrected chi connectivity index (χ2v) is 8.38. The molecule has 33 heavy (non-hydrogen) atoms. The molecule has 0 bridgehead atoms. The number of nitrogens with zero attached hydrogens (tertiary/aromatic N) is 2. The maximum Gasteiger partial charge on any atom is 0.306 e. The summed E-state index contributed by atoms with van der Waals surface area (Å²) in [4.78, 5) is 44.4. The fourth-order valence-electron chi connectivity index (χ4n) is 4.39. The van der Waals surface area contributed by atoms with E-state index in [0.29, 0.717) is 38.2 Å². The van der Waals surface area contributed by atoms with Gasteiger partial charge in [-0.1, -0.05) is 48.5 Å². The largest absolute Gasteiger partial charge is 0.469 e. The van der Waals surface area contributed by atoms with E-state index in [1.165, 1.54) is 7.11 Å². The molecule has 1 fully saturated rings. The first-order chi connectivity index (χ1) is 16.0. The summed E-state index contributed by atoms with van der Waals surface area (Å²) in [6.45, 7) is 1.64. The molecule has 0 aliphatic carbocycles. The second-order valence-electron chi connectivity index (χ2n) is 8.38. The summed E-state index contributed by atoms with van der Waals surface area (Å²) in [5.41, 5.74) is 2.58. The highest BCUT2D eigenvalue weighted by atomic mass is 16.5. The molecule has 2 heterocycles. The van der Waals surface area contributed by atoms with E-state index in [1.54, 1.807) is 4.90 Å². The van der Waals surface area contributed by atoms with E-state index in [-0.39, 0.29) is 36.7 Å². The summed E-state index contributed by atoms with van der Waals surface area (Å²) < 4.78 is 4.63. The maximum atomic E-state index is 13.6. The quantitative estimate of drug-likeness (QED) is 0.559. The Labute approximate surface area is 193 Å². The second kappa shape index (κ2) is 10.3. The fourth-order valence-corrected chi connectivity index (χ4v) is 4.39. The van der Waals surface area contributed by atoms with E-state index < -0.39 is 0 Å². The highest BCUT2D eigenvalue weighted by molar-refractivity contribution is 5.98. The summed E-state index contributed by atoms with van der Waals surface area (Å²) in [6.07, 6.45) is 1.64. The minimum absolute atomic E-state index is 0.0220. The highest BCUT2D eigenvalue weighted by Crippen LogP contribution is 2.24. The first-order valence-electron chi connectivity index (χ1n) is 11.3. The van der Waals surface area contributed by atoms with E-state index in [1.807, 2.05) is 65.6 Å². The van der Waals surface area contributed by atoms with Gasteiger partial charge in [-0.15, -0.1) is 0 Å². The van der Waals surface area contributed by atoms with Crippen molar-refractivity contribution >= 4 is 28.7 Å². The van der Waals surface area contributed by atoms with Crippen LogP contribution in [0.15, 0.2) is 60.7 Å². The van der Waals surface area contributed by atoms with E-state index in [0.717, 1.165) is 16.5 Å². The third kappa shape index (κ3) is 5.42. The molecule has 1 aliphatic heterocycles. The van der Waals surface area contributed by atoms with Crippen molar-refractivity contribution in [3.8, 4) is 0 Å². The predicted molar refractivity (Wildman–Crippen MR) is 125 cm³/mol. The molecular formula is C26H29N3O4. The zero-order valence-electron chi connectivity index (χ0n) is 18.8. The van der Waals surface area contributed by atoms with Gasteiger partial charge in [0.05, 0.1) is 13.5 Å². The number of carbonyl (C=O) groups excluding carboxylic acids is 3. The molecule has 3 aromatic rings. The molecule has 0 radical (unpaired) electrons. The van der Waals surface area contributed by atoms with Gasteiger partial charge < -0.3 is 19.5 Å². The molecule has 0 unspecified atom stereocenters. The van der Waals surface area contributed by atoms with Gasteiger partial charge in [-0.2, -0.15) is 0 Å². The van der Waals surface area contributed by atoms with Crippen molar-refractivity contribution < 1.29 is 19.1 Å². The Morgan fingerprint density at radius 2 is 1.70 bits per heavy atom. The van der Waals surface area contributed by atoms with Crippen molar-refractivity contribution in [2.75, 3.05) is 20.2 Å². The molecule has 2 aromatic carbocycles. The monoisotopic (exact) mass is 447 g/mol. The van der Waals surface area contributed by atoms with Crippen LogP contribution in [0.4, 0.5) is 0 Å². The molecule has 1 saturated heterocycles. The van der Waals surface area contributed by atoms with Gasteiger partial charge in [0, 0.05) is 43.0 Å². The van der Waals surface area contributed by atoms with E-state index >= 15 is 0 Å². The van der Waals surface area contributed by atoms with Crippen molar-refractivity contribution in [3.05, 3.63) is 71.9 Å². The van der Waals surface area contributed by atoms with E-state index in [9.17, 15) is 14.4 Å². The summed E-state index contributed by atoms with van der Waals surface area (Å²) in [7, 11) is 1.32. The van der Waals surface area contributed by atoms with Crippen molar-refractivity contribution in [1.29, 1.82) is 0 Å². The van der Waals surface area contributed by atoms with Gasteiger partial charge in [0.15, 0.2) is 0 Å². The van der Waals surface area contributed by atoms with Crippen LogP contribution < -0.4 is 0 Å². The minimum Gasteiger partial charge on any atom is -0.469 e. The molecule has 2 amide bonds. The lowest BCUT2D eigenvalue weighted by Crippen LogP contribution is -2.48. The topological polar surface area (TPSA) is 82.7 Å². The van der Waals surface area contributed by atoms with Crippen LogP contribution >= 0.6 is 0 Å². The van der Waals surface area contributed by atoms with Crippen LogP contribution in [0.2, 0.25) is 0 Å². The Kier molecular flexibility index (Phi) is 7.07. The summed E-state index contributed by atoms with van der Waals surface area (Å²) in [6, 6.07) is 19.7. The maximum absolute atomic E-state index is 13.6. The summed E-state index contributed by atoms with van der Waals surface area (Å²) in [5, 5.41) is 1.01. The van der Waals surface area contributed by atoms with Gasteiger partial charge in [-0.05, 0) is 30.5 Å². The van der Waals surface area contributed by atoms with Crippen molar-refractivity contribution in [2.24, 2.45) is 0 Å². The number of H-pyrrole nitrogens is 1. The van der Waals surface area contributed by atoms with Crippen LogP contribution in [0.1, 0.15) is 41.7 Å². The predicted octanol–water partition coefficient (Wildman–Crippen LogP) is 3.75. The van der Waals surface area contributed by atoms with Gasteiger partial charge in [-0.3, -0.25) is 14.4 Å². The fraction of sp³-hybridized carbons (Fsp3) is 0.346. The zero-order chi connectivity index (χ0) is 23.2. The highest BCUT2D eigenvalue weighted by Gasteiger charge is 2.31. The number of nitrogens with one attached hydrogen (secondary N) is 1. The molecule has 1 aliphatic rings.